The van der Waals surface area contributed by atoms with Crippen LogP contribution in [-0.2, 0) is 4.79 Å². The van der Waals surface area contributed by atoms with Crippen LogP contribution in [0.15, 0.2) is 36.4 Å². The van der Waals surface area contributed by atoms with Crippen LogP contribution in [0.3, 0.4) is 0 Å². The van der Waals surface area contributed by atoms with Crippen LogP contribution in [0.4, 0.5) is 11.4 Å². The number of carbonyl (C=O) groups excluding carboxylic acids is 2. The second-order valence-corrected chi connectivity index (χ2v) is 7.41. The van der Waals surface area contributed by atoms with Gasteiger partial charge in [-0.05, 0) is 51.0 Å². The number of halogens is 1. The van der Waals surface area contributed by atoms with Crippen molar-refractivity contribution >= 4 is 35.6 Å². The van der Waals surface area contributed by atoms with E-state index in [0.29, 0.717) is 35.8 Å². The lowest BCUT2D eigenvalue weighted by molar-refractivity contribution is -0.121. The van der Waals surface area contributed by atoms with Crippen molar-refractivity contribution in [2.24, 2.45) is 5.92 Å². The predicted molar refractivity (Wildman–Crippen MR) is 118 cm³/mol. The van der Waals surface area contributed by atoms with Gasteiger partial charge in [0, 0.05) is 24.7 Å². The number of methoxy groups -OCH3 is 1. The number of likely N-dealkylation sites (tertiary alicyclic amines) is 1. The average Bonchev–Trinajstić information content (AvgIpc) is 2.68. The zero-order chi connectivity index (χ0) is 20.3. The summed E-state index contributed by atoms with van der Waals surface area (Å²) < 4.78 is 5.19. The minimum absolute atomic E-state index is 0. The number of piperidine rings is 1. The summed E-state index contributed by atoms with van der Waals surface area (Å²) in [5.41, 5.74) is 9.77. The van der Waals surface area contributed by atoms with Crippen molar-refractivity contribution in [2.75, 3.05) is 31.2 Å². The number of nitrogens with zero attached hydrogens (tertiary/aromatic N) is 1. The van der Waals surface area contributed by atoms with E-state index in [0.717, 1.165) is 24.0 Å². The maximum atomic E-state index is 12.9. The lowest BCUT2D eigenvalue weighted by Crippen LogP contribution is -2.43. The first-order valence-electron chi connectivity index (χ1n) is 9.49. The van der Waals surface area contributed by atoms with Gasteiger partial charge in [-0.3, -0.25) is 9.59 Å². The average molecular weight is 418 g/mol. The summed E-state index contributed by atoms with van der Waals surface area (Å²) in [5.74, 6) is 0.206. The topological polar surface area (TPSA) is 84.7 Å². The van der Waals surface area contributed by atoms with Gasteiger partial charge in [0.25, 0.3) is 5.91 Å². The first-order chi connectivity index (χ1) is 13.4. The number of hydrogen-bond donors (Lipinski definition) is 2. The number of ether oxygens (including phenoxy) is 1. The Morgan fingerprint density at radius 3 is 2.48 bits per heavy atom. The quantitative estimate of drug-likeness (QED) is 0.741. The number of nitrogen functional groups attached to an aromatic ring is 1. The van der Waals surface area contributed by atoms with Crippen LogP contribution in [0.5, 0.6) is 5.75 Å². The van der Waals surface area contributed by atoms with Crippen LogP contribution >= 0.6 is 12.4 Å². The molecule has 3 rings (SSSR count). The van der Waals surface area contributed by atoms with Crippen LogP contribution < -0.4 is 15.8 Å². The Morgan fingerprint density at radius 2 is 1.83 bits per heavy atom. The van der Waals surface area contributed by atoms with E-state index in [-0.39, 0.29) is 30.1 Å². The molecule has 0 radical (unpaired) electrons. The first-order valence-corrected chi connectivity index (χ1v) is 9.49. The summed E-state index contributed by atoms with van der Waals surface area (Å²) in [7, 11) is 1.56. The number of benzene rings is 2. The molecule has 1 aliphatic heterocycles. The maximum absolute atomic E-state index is 12.9. The lowest BCUT2D eigenvalue weighted by Gasteiger charge is -2.32. The fourth-order valence-corrected chi connectivity index (χ4v) is 3.66. The monoisotopic (exact) mass is 417 g/mol. The molecule has 0 saturated carbocycles. The number of aryl methyl sites for hydroxylation is 2. The molecule has 3 N–H and O–H groups in total. The predicted octanol–water partition coefficient (Wildman–Crippen LogP) is 3.81. The van der Waals surface area contributed by atoms with E-state index in [4.69, 9.17) is 10.5 Å². The highest BCUT2D eigenvalue weighted by molar-refractivity contribution is 5.98. The SMILES string of the molecule is COc1ccc(N)c(NC(=O)C2CCCN(C(=O)c3cc(C)cc(C)c3)C2)c1.Cl. The highest BCUT2D eigenvalue weighted by Gasteiger charge is 2.29. The Bertz CT molecular complexity index is 881. The highest BCUT2D eigenvalue weighted by atomic mass is 35.5. The van der Waals surface area contributed by atoms with Gasteiger partial charge >= 0.3 is 0 Å². The lowest BCUT2D eigenvalue weighted by atomic mass is 9.96. The minimum Gasteiger partial charge on any atom is -0.497 e. The van der Waals surface area contributed by atoms with Crippen molar-refractivity contribution < 1.29 is 14.3 Å². The summed E-state index contributed by atoms with van der Waals surface area (Å²) in [6.45, 7) is 5.03. The van der Waals surface area contributed by atoms with Crippen molar-refractivity contribution in [3.63, 3.8) is 0 Å². The maximum Gasteiger partial charge on any atom is 0.253 e. The molecule has 2 aromatic rings. The molecule has 1 atom stereocenters. The van der Waals surface area contributed by atoms with E-state index in [1.807, 2.05) is 32.0 Å². The second-order valence-electron chi connectivity index (χ2n) is 7.41. The zero-order valence-corrected chi connectivity index (χ0v) is 17.8. The van der Waals surface area contributed by atoms with Gasteiger partial charge in [-0.2, -0.15) is 0 Å². The number of nitrogens with two attached hydrogens (primary N) is 1. The molecule has 156 valence electrons. The third-order valence-electron chi connectivity index (χ3n) is 5.07. The van der Waals surface area contributed by atoms with Gasteiger partial charge in [-0.15, -0.1) is 12.4 Å². The van der Waals surface area contributed by atoms with Crippen molar-refractivity contribution in [2.45, 2.75) is 26.7 Å². The van der Waals surface area contributed by atoms with Crippen LogP contribution in [0, 0.1) is 19.8 Å². The number of hydrogen-bond acceptors (Lipinski definition) is 4. The molecule has 0 aromatic heterocycles. The molecule has 1 fully saturated rings. The van der Waals surface area contributed by atoms with E-state index < -0.39 is 0 Å². The summed E-state index contributed by atoms with van der Waals surface area (Å²) >= 11 is 0. The Kier molecular flexibility index (Phi) is 7.51. The normalized spacial score (nSPS) is 16.0. The van der Waals surface area contributed by atoms with Gasteiger partial charge in [0.1, 0.15) is 5.75 Å². The Morgan fingerprint density at radius 1 is 1.14 bits per heavy atom. The van der Waals surface area contributed by atoms with E-state index >= 15 is 0 Å². The van der Waals surface area contributed by atoms with Crippen LogP contribution in [-0.4, -0.2) is 36.9 Å². The largest absolute Gasteiger partial charge is 0.497 e. The highest BCUT2D eigenvalue weighted by Crippen LogP contribution is 2.26. The van der Waals surface area contributed by atoms with Gasteiger partial charge in [0.15, 0.2) is 0 Å². The molecule has 2 aromatic carbocycles. The molecule has 7 heteroatoms. The summed E-state index contributed by atoms with van der Waals surface area (Å²) in [4.78, 5) is 27.5. The van der Waals surface area contributed by atoms with E-state index in [1.165, 1.54) is 0 Å². The smallest absolute Gasteiger partial charge is 0.253 e. The molecule has 0 aliphatic carbocycles. The van der Waals surface area contributed by atoms with Crippen LogP contribution in [0.2, 0.25) is 0 Å². The Balaban J connectivity index is 0.00000300. The summed E-state index contributed by atoms with van der Waals surface area (Å²) in [6.07, 6.45) is 1.54. The van der Waals surface area contributed by atoms with Crippen molar-refractivity contribution in [1.29, 1.82) is 0 Å². The van der Waals surface area contributed by atoms with E-state index in [1.54, 1.807) is 30.2 Å². The number of anilines is 2. The van der Waals surface area contributed by atoms with Gasteiger partial charge < -0.3 is 20.7 Å². The Hall–Kier alpha value is -2.73. The molecular formula is C22H28ClN3O3. The first kappa shape index (κ1) is 22.6. The molecule has 1 heterocycles. The van der Waals surface area contributed by atoms with Gasteiger partial charge in [0.2, 0.25) is 5.91 Å². The van der Waals surface area contributed by atoms with Crippen LogP contribution in [0.25, 0.3) is 0 Å². The third kappa shape index (κ3) is 5.41. The fraction of sp³-hybridized carbons (Fsp3) is 0.364. The minimum atomic E-state index is -0.269. The van der Waals surface area contributed by atoms with E-state index in [2.05, 4.69) is 5.32 Å². The number of amides is 2. The fourth-order valence-electron chi connectivity index (χ4n) is 3.66. The second kappa shape index (κ2) is 9.65. The summed E-state index contributed by atoms with van der Waals surface area (Å²) in [6, 6.07) is 11.0. The van der Waals surface area contributed by atoms with E-state index in [9.17, 15) is 9.59 Å². The number of nitrogens with one attached hydrogen (secondary N) is 1. The molecular weight excluding hydrogens is 390 g/mol. The number of carbonyl (C=O) groups is 2. The molecule has 1 saturated heterocycles. The standard InChI is InChI=1S/C22H27N3O3.ClH/c1-14-9-15(2)11-17(10-14)22(27)25-8-4-5-16(13-25)21(26)24-20-12-18(28-3)6-7-19(20)23;/h6-7,9-12,16H,4-5,8,13,23H2,1-3H3,(H,24,26);1H. The van der Waals surface area contributed by atoms with Gasteiger partial charge in [-0.25, -0.2) is 0 Å². The number of rotatable bonds is 4. The van der Waals surface area contributed by atoms with Gasteiger partial charge in [-0.1, -0.05) is 17.2 Å². The molecule has 2 amide bonds. The third-order valence-corrected chi connectivity index (χ3v) is 5.07. The van der Waals surface area contributed by atoms with Crippen molar-refractivity contribution in [3.8, 4) is 5.75 Å². The van der Waals surface area contributed by atoms with Crippen molar-refractivity contribution in [1.82, 2.24) is 4.90 Å². The molecule has 1 aliphatic rings. The summed E-state index contributed by atoms with van der Waals surface area (Å²) in [5, 5.41) is 2.89. The van der Waals surface area contributed by atoms with Gasteiger partial charge in [0.05, 0.1) is 24.4 Å². The molecule has 29 heavy (non-hydrogen) atoms. The molecule has 1 unspecified atom stereocenters. The van der Waals surface area contributed by atoms with Crippen LogP contribution in [0.1, 0.15) is 34.3 Å². The molecule has 6 nitrogen and oxygen atoms in total. The molecule has 0 spiro atoms. The Labute approximate surface area is 177 Å². The zero-order valence-electron chi connectivity index (χ0n) is 17.0. The molecule has 0 bridgehead atoms. The van der Waals surface area contributed by atoms with Crippen molar-refractivity contribution in [3.05, 3.63) is 53.1 Å².